The molecule has 5 N–H and O–H groups in total. The highest BCUT2D eigenvalue weighted by Gasteiger charge is 2.19. The first-order valence-electron chi connectivity index (χ1n) is 11.3. The molecule has 0 atom stereocenters. The van der Waals surface area contributed by atoms with Gasteiger partial charge in [0.25, 0.3) is 6.43 Å². The first-order valence-corrected chi connectivity index (χ1v) is 11.3. The van der Waals surface area contributed by atoms with E-state index in [9.17, 15) is 23.1 Å². The summed E-state index contributed by atoms with van der Waals surface area (Å²) < 4.78 is 41.2. The summed E-state index contributed by atoms with van der Waals surface area (Å²) >= 11 is 0. The zero-order chi connectivity index (χ0) is 26.7. The molecule has 10 nitrogen and oxygen atoms in total. The summed E-state index contributed by atoms with van der Waals surface area (Å²) in [5.41, 5.74) is -0.242. The van der Waals surface area contributed by atoms with Gasteiger partial charge in [-0.05, 0) is 31.5 Å². The molecule has 4 heterocycles. The van der Waals surface area contributed by atoms with Gasteiger partial charge in [0.05, 0.1) is 22.9 Å². The Labute approximate surface area is 209 Å². The number of carbonyl (C=O) groups is 1. The van der Waals surface area contributed by atoms with Crippen LogP contribution >= 0.6 is 0 Å². The van der Waals surface area contributed by atoms with E-state index in [0.29, 0.717) is 29.7 Å². The first-order chi connectivity index (χ1) is 17.5. The number of halogens is 3. The summed E-state index contributed by atoms with van der Waals surface area (Å²) in [6.45, 7) is 5.24. The van der Waals surface area contributed by atoms with E-state index in [4.69, 9.17) is 0 Å². The average molecular weight is 515 g/mol. The van der Waals surface area contributed by atoms with Crippen molar-refractivity contribution in [3.8, 4) is 11.5 Å². The summed E-state index contributed by atoms with van der Waals surface area (Å²) in [6, 6.07) is 5.42. The van der Waals surface area contributed by atoms with Gasteiger partial charge >= 0.3 is 0 Å². The van der Waals surface area contributed by atoms with Gasteiger partial charge in [0.1, 0.15) is 28.7 Å². The Balaban J connectivity index is 1.80. The molecule has 4 aromatic heterocycles. The van der Waals surface area contributed by atoms with E-state index in [1.165, 1.54) is 31.2 Å². The molecule has 194 valence electrons. The Bertz CT molecular complexity index is 1440. The van der Waals surface area contributed by atoms with Gasteiger partial charge in [0.15, 0.2) is 11.6 Å². The molecule has 37 heavy (non-hydrogen) atoms. The van der Waals surface area contributed by atoms with Gasteiger partial charge in [-0.25, -0.2) is 33.1 Å². The van der Waals surface area contributed by atoms with Crippen molar-refractivity contribution in [2.24, 2.45) is 0 Å². The van der Waals surface area contributed by atoms with Crippen molar-refractivity contribution >= 4 is 34.3 Å². The lowest BCUT2D eigenvalue weighted by molar-refractivity contribution is -0.114. The van der Waals surface area contributed by atoms with Crippen LogP contribution < -0.4 is 16.0 Å². The third-order valence-corrected chi connectivity index (χ3v) is 5.12. The summed E-state index contributed by atoms with van der Waals surface area (Å²) in [6.07, 6.45) is -0.151. The van der Waals surface area contributed by atoms with Crippen LogP contribution in [-0.2, 0) is 11.3 Å². The fourth-order valence-electron chi connectivity index (χ4n) is 3.55. The van der Waals surface area contributed by atoms with Gasteiger partial charge < -0.3 is 26.0 Å². The number of anilines is 3. The zero-order valence-corrected chi connectivity index (χ0v) is 20.2. The summed E-state index contributed by atoms with van der Waals surface area (Å²) in [5.74, 6) is -0.768. The number of aromatic amines is 1. The number of fused-ring (bicyclic) bond motifs is 1. The van der Waals surface area contributed by atoms with Gasteiger partial charge in [0, 0.05) is 32.3 Å². The molecule has 13 heteroatoms. The zero-order valence-electron chi connectivity index (χ0n) is 20.2. The molecule has 1 amide bonds. The number of nitrogens with zero attached hydrogens (tertiary/aromatic N) is 4. The molecule has 0 bridgehead atoms. The Kier molecular flexibility index (Phi) is 7.36. The molecule has 0 aliphatic heterocycles. The highest BCUT2D eigenvalue weighted by atomic mass is 19.3. The second-order valence-electron chi connectivity index (χ2n) is 8.95. The monoisotopic (exact) mass is 514 g/mol. The molecule has 0 saturated carbocycles. The largest absolute Gasteiger partial charge is 0.389 e. The van der Waals surface area contributed by atoms with E-state index < -0.39 is 23.5 Å². The maximum absolute atomic E-state index is 14.7. The smallest absolute Gasteiger partial charge is 0.280 e. The number of rotatable bonds is 9. The van der Waals surface area contributed by atoms with Crippen molar-refractivity contribution in [3.05, 3.63) is 53.7 Å². The number of aliphatic hydroxyl groups is 1. The van der Waals surface area contributed by atoms with E-state index in [-0.39, 0.29) is 34.7 Å². The van der Waals surface area contributed by atoms with Crippen LogP contribution in [0, 0.1) is 5.82 Å². The molecule has 0 radical (unpaired) electrons. The average Bonchev–Trinajstić information content (AvgIpc) is 3.23. The lowest BCUT2D eigenvalue weighted by atomic mass is 10.1. The molecular weight excluding hydrogens is 489 g/mol. The number of alkyl halides is 2. The van der Waals surface area contributed by atoms with E-state index in [2.05, 4.69) is 40.9 Å². The van der Waals surface area contributed by atoms with Crippen LogP contribution in [0.1, 0.15) is 38.5 Å². The second kappa shape index (κ2) is 10.5. The number of nitrogens with one attached hydrogen (secondary N) is 4. The SMILES string of the molecule is CC(=O)Nc1cc(Nc2nc(-c3cccc(C(F)F)n3)nc3[nH]cc(CNCC(C)(C)O)c23)c(F)cn1. The molecule has 0 unspecified atom stereocenters. The maximum Gasteiger partial charge on any atom is 0.280 e. The molecular formula is C24H25F3N8O2. The lowest BCUT2D eigenvalue weighted by Crippen LogP contribution is -2.34. The highest BCUT2D eigenvalue weighted by Crippen LogP contribution is 2.31. The fourth-order valence-corrected chi connectivity index (χ4v) is 3.55. The number of aromatic nitrogens is 5. The van der Waals surface area contributed by atoms with Crippen molar-refractivity contribution < 1.29 is 23.1 Å². The second-order valence-corrected chi connectivity index (χ2v) is 8.95. The van der Waals surface area contributed by atoms with E-state index in [0.717, 1.165) is 6.20 Å². The van der Waals surface area contributed by atoms with Gasteiger partial charge in [-0.3, -0.25) is 4.79 Å². The van der Waals surface area contributed by atoms with Crippen molar-refractivity contribution in [1.29, 1.82) is 0 Å². The Hall–Kier alpha value is -4.10. The normalized spacial score (nSPS) is 11.8. The molecule has 0 aliphatic rings. The number of hydrogen-bond donors (Lipinski definition) is 5. The lowest BCUT2D eigenvalue weighted by Gasteiger charge is -2.17. The standard InChI is InChI=1S/C24H25F3N8O2/c1-12(36)31-18-7-17(14(25)10-29-18)33-23-19-13(8-28-11-24(2,3)37)9-30-22(19)34-21(35-23)16-6-4-5-15(32-16)20(26)27/h4-7,9-10,20,28,37H,8,11H2,1-3H3,(H3,29,30,31,33,34,35,36). The first kappa shape index (κ1) is 26.0. The third-order valence-electron chi connectivity index (χ3n) is 5.12. The van der Waals surface area contributed by atoms with Crippen molar-refractivity contribution in [2.45, 2.75) is 39.3 Å². The van der Waals surface area contributed by atoms with E-state index in [1.54, 1.807) is 20.0 Å². The Morgan fingerprint density at radius 2 is 2.00 bits per heavy atom. The van der Waals surface area contributed by atoms with Crippen molar-refractivity contribution in [1.82, 2.24) is 30.2 Å². The van der Waals surface area contributed by atoms with Crippen molar-refractivity contribution in [2.75, 3.05) is 17.2 Å². The van der Waals surface area contributed by atoms with Crippen molar-refractivity contribution in [3.63, 3.8) is 0 Å². The Morgan fingerprint density at radius 3 is 2.70 bits per heavy atom. The molecule has 0 fully saturated rings. The molecule has 4 rings (SSSR count). The molecule has 0 spiro atoms. The summed E-state index contributed by atoms with van der Waals surface area (Å²) in [7, 11) is 0. The summed E-state index contributed by atoms with van der Waals surface area (Å²) in [4.78, 5) is 31.2. The van der Waals surface area contributed by atoms with Crippen LogP contribution in [0.2, 0.25) is 0 Å². The van der Waals surface area contributed by atoms with Gasteiger partial charge in [0.2, 0.25) is 5.91 Å². The van der Waals surface area contributed by atoms with Crippen LogP contribution in [0.4, 0.5) is 30.5 Å². The minimum atomic E-state index is -2.78. The van der Waals surface area contributed by atoms with E-state index in [1.807, 2.05) is 0 Å². The number of hydrogen-bond acceptors (Lipinski definition) is 8. The predicted molar refractivity (Wildman–Crippen MR) is 132 cm³/mol. The van der Waals surface area contributed by atoms with Crippen LogP contribution in [0.5, 0.6) is 0 Å². The van der Waals surface area contributed by atoms with Crippen LogP contribution in [-0.4, -0.2) is 48.1 Å². The predicted octanol–water partition coefficient (Wildman–Crippen LogP) is 4.05. The number of H-pyrrole nitrogens is 1. The molecule has 0 saturated heterocycles. The van der Waals surface area contributed by atoms with E-state index >= 15 is 0 Å². The maximum atomic E-state index is 14.7. The third kappa shape index (κ3) is 6.37. The number of amides is 1. The van der Waals surface area contributed by atoms with Gasteiger partial charge in [-0.15, -0.1) is 0 Å². The summed E-state index contributed by atoms with van der Waals surface area (Å²) in [5, 5.41) is 19.1. The topological polar surface area (TPSA) is 141 Å². The van der Waals surface area contributed by atoms with Crippen LogP contribution in [0.3, 0.4) is 0 Å². The van der Waals surface area contributed by atoms with Gasteiger partial charge in [-0.1, -0.05) is 6.07 Å². The number of pyridine rings is 2. The molecule has 0 aromatic carbocycles. The van der Waals surface area contributed by atoms with Crippen LogP contribution in [0.15, 0.2) is 36.7 Å². The quantitative estimate of drug-likeness (QED) is 0.225. The highest BCUT2D eigenvalue weighted by molar-refractivity contribution is 5.94. The van der Waals surface area contributed by atoms with Crippen LogP contribution in [0.25, 0.3) is 22.6 Å². The molecule has 0 aliphatic carbocycles. The minimum absolute atomic E-state index is 0.0319. The minimum Gasteiger partial charge on any atom is -0.389 e. The Morgan fingerprint density at radius 1 is 1.22 bits per heavy atom. The fraction of sp³-hybridized carbons (Fsp3) is 0.292. The molecule has 4 aromatic rings. The van der Waals surface area contributed by atoms with Gasteiger partial charge in [-0.2, -0.15) is 0 Å². The number of carbonyl (C=O) groups excluding carboxylic acids is 1.